The Morgan fingerprint density at radius 2 is 2.00 bits per heavy atom. The number of nitrogens with one attached hydrogen (secondary N) is 1. The van der Waals surface area contributed by atoms with E-state index in [1.54, 1.807) is 6.20 Å². The summed E-state index contributed by atoms with van der Waals surface area (Å²) in [6, 6.07) is 5.90. The van der Waals surface area contributed by atoms with Crippen molar-refractivity contribution in [3.05, 3.63) is 30.1 Å². The standard InChI is InChI=1S/C15H19N5O2/c21-14-5-4-13(17-18-14)15(22)20-9-7-19(8-10-20)11-12-3-1-2-6-16-12/h1-3,6H,4-5,7-11H2,(H,18,21). The van der Waals surface area contributed by atoms with Crippen LogP contribution in [0.2, 0.25) is 0 Å². The van der Waals surface area contributed by atoms with Gasteiger partial charge in [0.05, 0.1) is 5.69 Å². The summed E-state index contributed by atoms with van der Waals surface area (Å²) in [5.41, 5.74) is 3.88. The van der Waals surface area contributed by atoms with Gasteiger partial charge in [0, 0.05) is 51.8 Å². The lowest BCUT2D eigenvalue weighted by atomic mass is 10.1. The van der Waals surface area contributed by atoms with Crippen LogP contribution in [0.25, 0.3) is 0 Å². The van der Waals surface area contributed by atoms with Gasteiger partial charge in [0.25, 0.3) is 5.91 Å². The highest BCUT2D eigenvalue weighted by molar-refractivity contribution is 6.39. The topological polar surface area (TPSA) is 77.9 Å². The van der Waals surface area contributed by atoms with Crippen LogP contribution in [0, 0.1) is 0 Å². The van der Waals surface area contributed by atoms with Crippen LogP contribution in [0.3, 0.4) is 0 Å². The fourth-order valence-corrected chi connectivity index (χ4v) is 2.64. The molecule has 0 radical (unpaired) electrons. The van der Waals surface area contributed by atoms with Crippen LogP contribution in [0.5, 0.6) is 0 Å². The predicted molar refractivity (Wildman–Crippen MR) is 80.9 cm³/mol. The maximum absolute atomic E-state index is 12.3. The molecule has 1 N–H and O–H groups in total. The van der Waals surface area contributed by atoms with Crippen molar-refractivity contribution in [1.82, 2.24) is 20.2 Å². The van der Waals surface area contributed by atoms with Crippen molar-refractivity contribution < 1.29 is 9.59 Å². The Bertz CT molecular complexity index is 579. The van der Waals surface area contributed by atoms with Crippen molar-refractivity contribution in [3.8, 4) is 0 Å². The zero-order valence-corrected chi connectivity index (χ0v) is 12.4. The molecule has 0 atom stereocenters. The van der Waals surface area contributed by atoms with Crippen molar-refractivity contribution in [2.75, 3.05) is 26.2 Å². The number of carbonyl (C=O) groups is 2. The number of hydrogen-bond donors (Lipinski definition) is 1. The number of rotatable bonds is 3. The summed E-state index contributed by atoms with van der Waals surface area (Å²) in [5, 5.41) is 3.87. The minimum Gasteiger partial charge on any atom is -0.335 e. The molecular formula is C15H19N5O2. The third kappa shape index (κ3) is 3.48. The minimum absolute atomic E-state index is 0.0579. The minimum atomic E-state index is -0.128. The average Bonchev–Trinajstić information content (AvgIpc) is 2.57. The molecule has 1 fully saturated rings. The summed E-state index contributed by atoms with van der Waals surface area (Å²) < 4.78 is 0. The molecule has 0 aliphatic carbocycles. The average molecular weight is 301 g/mol. The van der Waals surface area contributed by atoms with E-state index in [1.165, 1.54) is 0 Å². The van der Waals surface area contributed by atoms with Gasteiger partial charge in [-0.05, 0) is 12.1 Å². The summed E-state index contributed by atoms with van der Waals surface area (Å²) in [7, 11) is 0. The Kier molecular flexibility index (Phi) is 4.43. The lowest BCUT2D eigenvalue weighted by molar-refractivity contribution is -0.126. The molecule has 0 unspecified atom stereocenters. The van der Waals surface area contributed by atoms with Gasteiger partial charge in [0.2, 0.25) is 5.91 Å². The van der Waals surface area contributed by atoms with E-state index in [1.807, 2.05) is 23.1 Å². The molecule has 1 saturated heterocycles. The fourth-order valence-electron chi connectivity index (χ4n) is 2.64. The Morgan fingerprint density at radius 1 is 1.18 bits per heavy atom. The number of nitrogens with zero attached hydrogens (tertiary/aromatic N) is 4. The van der Waals surface area contributed by atoms with Crippen LogP contribution >= 0.6 is 0 Å². The molecule has 7 nitrogen and oxygen atoms in total. The fraction of sp³-hybridized carbons (Fsp3) is 0.467. The van der Waals surface area contributed by atoms with Crippen LogP contribution in [0.15, 0.2) is 29.5 Å². The molecule has 2 aliphatic heterocycles. The third-order valence-corrected chi connectivity index (χ3v) is 3.92. The Hall–Kier alpha value is -2.28. The summed E-state index contributed by atoms with van der Waals surface area (Å²) in [6.45, 7) is 3.81. The Morgan fingerprint density at radius 3 is 2.64 bits per heavy atom. The van der Waals surface area contributed by atoms with Gasteiger partial charge < -0.3 is 4.90 Å². The summed E-state index contributed by atoms with van der Waals surface area (Å²) >= 11 is 0. The SMILES string of the molecule is O=C1CCC(C(=O)N2CCN(Cc3ccccn3)CC2)=NN1. The molecule has 2 aliphatic rings. The second kappa shape index (κ2) is 6.65. The predicted octanol–water partition coefficient (Wildman–Crippen LogP) is -0.00820. The van der Waals surface area contributed by atoms with Crippen molar-refractivity contribution in [3.63, 3.8) is 0 Å². The van der Waals surface area contributed by atoms with Gasteiger partial charge in [0.1, 0.15) is 5.71 Å². The quantitative estimate of drug-likeness (QED) is 0.852. The first-order valence-corrected chi connectivity index (χ1v) is 7.49. The molecule has 1 aromatic rings. The molecule has 22 heavy (non-hydrogen) atoms. The molecule has 3 heterocycles. The normalized spacial score (nSPS) is 19.5. The van der Waals surface area contributed by atoms with Gasteiger partial charge in [-0.15, -0.1) is 0 Å². The number of hydrazone groups is 1. The number of piperazine rings is 1. The highest BCUT2D eigenvalue weighted by atomic mass is 16.2. The molecule has 2 amide bonds. The van der Waals surface area contributed by atoms with E-state index in [9.17, 15) is 9.59 Å². The number of hydrogen-bond acceptors (Lipinski definition) is 5. The van der Waals surface area contributed by atoms with Crippen molar-refractivity contribution >= 4 is 17.5 Å². The van der Waals surface area contributed by atoms with E-state index in [0.717, 1.165) is 25.3 Å². The van der Waals surface area contributed by atoms with Crippen LogP contribution in [-0.2, 0) is 16.1 Å². The molecule has 116 valence electrons. The zero-order valence-electron chi connectivity index (χ0n) is 12.4. The number of aromatic nitrogens is 1. The monoisotopic (exact) mass is 301 g/mol. The molecule has 7 heteroatoms. The third-order valence-electron chi connectivity index (χ3n) is 3.92. The summed E-state index contributed by atoms with van der Waals surface area (Å²) in [5.74, 6) is -0.186. The molecule has 1 aromatic heterocycles. The molecule has 3 rings (SSSR count). The zero-order chi connectivity index (χ0) is 15.4. The molecular weight excluding hydrogens is 282 g/mol. The lowest BCUT2D eigenvalue weighted by Crippen LogP contribution is -2.51. The van der Waals surface area contributed by atoms with E-state index in [-0.39, 0.29) is 11.8 Å². The maximum Gasteiger partial charge on any atom is 0.270 e. The number of pyridine rings is 1. The first-order valence-electron chi connectivity index (χ1n) is 7.49. The molecule has 0 spiro atoms. The second-order valence-electron chi connectivity index (χ2n) is 5.48. The number of amides is 2. The Labute approximate surface area is 129 Å². The van der Waals surface area contributed by atoms with Crippen LogP contribution in [-0.4, -0.2) is 58.5 Å². The van der Waals surface area contributed by atoms with Crippen LogP contribution in [0.4, 0.5) is 0 Å². The van der Waals surface area contributed by atoms with Crippen LogP contribution in [0.1, 0.15) is 18.5 Å². The van der Waals surface area contributed by atoms with Crippen LogP contribution < -0.4 is 5.43 Å². The largest absolute Gasteiger partial charge is 0.335 e. The van der Waals surface area contributed by atoms with Crippen molar-refractivity contribution in [1.29, 1.82) is 0 Å². The van der Waals surface area contributed by atoms with E-state index in [2.05, 4.69) is 20.4 Å². The van der Waals surface area contributed by atoms with Crippen molar-refractivity contribution in [2.24, 2.45) is 5.10 Å². The van der Waals surface area contributed by atoms with Gasteiger partial charge in [-0.1, -0.05) is 6.07 Å². The molecule has 0 bridgehead atoms. The first kappa shape index (κ1) is 14.6. The maximum atomic E-state index is 12.3. The van der Waals surface area contributed by atoms with Gasteiger partial charge in [-0.3, -0.25) is 19.5 Å². The summed E-state index contributed by atoms with van der Waals surface area (Å²) in [6.07, 6.45) is 2.56. The second-order valence-corrected chi connectivity index (χ2v) is 5.48. The molecule has 0 saturated carbocycles. The highest BCUT2D eigenvalue weighted by Crippen LogP contribution is 2.09. The van der Waals surface area contributed by atoms with E-state index < -0.39 is 0 Å². The lowest BCUT2D eigenvalue weighted by Gasteiger charge is -2.34. The van der Waals surface area contributed by atoms with Gasteiger partial charge in [-0.25, -0.2) is 5.43 Å². The van der Waals surface area contributed by atoms with Gasteiger partial charge in [-0.2, -0.15) is 5.10 Å². The highest BCUT2D eigenvalue weighted by Gasteiger charge is 2.26. The number of carbonyl (C=O) groups excluding carboxylic acids is 2. The van der Waals surface area contributed by atoms with E-state index in [0.29, 0.717) is 31.6 Å². The smallest absolute Gasteiger partial charge is 0.270 e. The summed E-state index contributed by atoms with van der Waals surface area (Å²) in [4.78, 5) is 31.8. The Balaban J connectivity index is 1.51. The molecule has 0 aromatic carbocycles. The van der Waals surface area contributed by atoms with Gasteiger partial charge in [0.15, 0.2) is 0 Å². The van der Waals surface area contributed by atoms with E-state index >= 15 is 0 Å². The van der Waals surface area contributed by atoms with Gasteiger partial charge >= 0.3 is 0 Å². The van der Waals surface area contributed by atoms with E-state index in [4.69, 9.17) is 0 Å². The van der Waals surface area contributed by atoms with Crippen molar-refractivity contribution in [2.45, 2.75) is 19.4 Å². The first-order chi connectivity index (χ1) is 10.7.